The third-order valence-electron chi connectivity index (χ3n) is 3.70. The van der Waals surface area contributed by atoms with E-state index in [2.05, 4.69) is 36.5 Å². The summed E-state index contributed by atoms with van der Waals surface area (Å²) in [7, 11) is 0. The Balaban J connectivity index is 1.76. The second kappa shape index (κ2) is 4.19. The molecule has 2 heteroatoms. The van der Waals surface area contributed by atoms with Crippen LogP contribution in [-0.4, -0.2) is 19.2 Å². The Morgan fingerprint density at radius 2 is 2.00 bits per heavy atom. The summed E-state index contributed by atoms with van der Waals surface area (Å²) in [6.07, 6.45) is 3.40. The van der Waals surface area contributed by atoms with Gasteiger partial charge in [0.15, 0.2) is 0 Å². The summed E-state index contributed by atoms with van der Waals surface area (Å²) in [5.74, 6) is 0.819. The standard InChI is InChI=1S/C14H19NO/c1-10-4-2-3-5-12(10)14-9-15-8-13(16-14)11-6-7-11/h2-5,11,13-15H,6-9H2,1H3. The van der Waals surface area contributed by atoms with Crippen molar-refractivity contribution >= 4 is 0 Å². The van der Waals surface area contributed by atoms with Crippen molar-refractivity contribution in [2.45, 2.75) is 32.0 Å². The predicted molar refractivity (Wildman–Crippen MR) is 64.4 cm³/mol. The van der Waals surface area contributed by atoms with Crippen LogP contribution in [0, 0.1) is 12.8 Å². The van der Waals surface area contributed by atoms with Crippen molar-refractivity contribution < 1.29 is 4.74 Å². The lowest BCUT2D eigenvalue weighted by atomic mass is 10.0. The van der Waals surface area contributed by atoms with Crippen LogP contribution in [0.1, 0.15) is 30.1 Å². The van der Waals surface area contributed by atoms with Gasteiger partial charge in [-0.25, -0.2) is 0 Å². The summed E-state index contributed by atoms with van der Waals surface area (Å²) >= 11 is 0. The molecule has 2 aliphatic rings. The molecule has 1 aromatic carbocycles. The molecule has 1 aliphatic carbocycles. The minimum Gasteiger partial charge on any atom is -0.367 e. The second-order valence-electron chi connectivity index (χ2n) is 5.02. The van der Waals surface area contributed by atoms with Crippen molar-refractivity contribution in [3.63, 3.8) is 0 Å². The molecule has 1 saturated heterocycles. The van der Waals surface area contributed by atoms with Crippen molar-refractivity contribution in [3.8, 4) is 0 Å². The van der Waals surface area contributed by atoms with Crippen LogP contribution in [0.2, 0.25) is 0 Å². The number of ether oxygens (including phenoxy) is 1. The first-order valence-electron chi connectivity index (χ1n) is 6.26. The van der Waals surface area contributed by atoms with Crippen molar-refractivity contribution in [3.05, 3.63) is 35.4 Å². The highest BCUT2D eigenvalue weighted by Crippen LogP contribution is 2.38. The van der Waals surface area contributed by atoms with Crippen molar-refractivity contribution in [1.29, 1.82) is 0 Å². The highest BCUT2D eigenvalue weighted by molar-refractivity contribution is 5.28. The SMILES string of the molecule is Cc1ccccc1C1CNCC(C2CC2)O1. The molecule has 0 spiro atoms. The maximum atomic E-state index is 6.21. The Labute approximate surface area is 97.0 Å². The molecule has 3 rings (SSSR count). The lowest BCUT2D eigenvalue weighted by molar-refractivity contribution is -0.0496. The molecule has 1 aromatic rings. The van der Waals surface area contributed by atoms with Crippen molar-refractivity contribution in [2.75, 3.05) is 13.1 Å². The number of morpholine rings is 1. The molecule has 16 heavy (non-hydrogen) atoms. The normalized spacial score (nSPS) is 30.3. The van der Waals surface area contributed by atoms with E-state index in [9.17, 15) is 0 Å². The van der Waals surface area contributed by atoms with Crippen LogP contribution < -0.4 is 5.32 Å². The fraction of sp³-hybridized carbons (Fsp3) is 0.571. The molecule has 1 saturated carbocycles. The summed E-state index contributed by atoms with van der Waals surface area (Å²) < 4.78 is 6.21. The van der Waals surface area contributed by atoms with Crippen LogP contribution in [0.5, 0.6) is 0 Å². The van der Waals surface area contributed by atoms with E-state index < -0.39 is 0 Å². The minimum atomic E-state index is 0.251. The first kappa shape index (κ1) is 10.3. The topological polar surface area (TPSA) is 21.3 Å². The minimum absolute atomic E-state index is 0.251. The number of hydrogen-bond acceptors (Lipinski definition) is 2. The maximum absolute atomic E-state index is 6.21. The fourth-order valence-corrected chi connectivity index (χ4v) is 2.54. The molecule has 0 amide bonds. The summed E-state index contributed by atoms with van der Waals surface area (Å²) in [4.78, 5) is 0. The van der Waals surface area contributed by atoms with Gasteiger partial charge in [-0.1, -0.05) is 24.3 Å². The van der Waals surface area contributed by atoms with Crippen LogP contribution >= 0.6 is 0 Å². The third kappa shape index (κ3) is 2.00. The smallest absolute Gasteiger partial charge is 0.0956 e. The first-order chi connectivity index (χ1) is 7.84. The summed E-state index contributed by atoms with van der Waals surface area (Å²) in [6, 6.07) is 8.55. The number of hydrogen-bond donors (Lipinski definition) is 1. The van der Waals surface area contributed by atoms with Gasteiger partial charge < -0.3 is 10.1 Å². The van der Waals surface area contributed by atoms with Crippen molar-refractivity contribution in [1.82, 2.24) is 5.32 Å². The Morgan fingerprint density at radius 3 is 2.75 bits per heavy atom. The molecule has 2 nitrogen and oxygen atoms in total. The van der Waals surface area contributed by atoms with E-state index in [1.807, 2.05) is 0 Å². The quantitative estimate of drug-likeness (QED) is 0.821. The zero-order chi connectivity index (χ0) is 11.0. The Bertz CT molecular complexity index is 373. The molecular weight excluding hydrogens is 198 g/mol. The van der Waals surface area contributed by atoms with Gasteiger partial charge in [-0.3, -0.25) is 0 Å². The molecule has 1 aliphatic heterocycles. The molecular formula is C14H19NO. The third-order valence-corrected chi connectivity index (χ3v) is 3.70. The van der Waals surface area contributed by atoms with E-state index in [0.29, 0.717) is 6.10 Å². The number of rotatable bonds is 2. The first-order valence-corrected chi connectivity index (χ1v) is 6.26. The summed E-state index contributed by atoms with van der Waals surface area (Å²) in [6.45, 7) is 4.15. The van der Waals surface area contributed by atoms with E-state index in [1.54, 1.807) is 0 Å². The predicted octanol–water partition coefficient (Wildman–Crippen LogP) is 2.43. The number of aryl methyl sites for hydroxylation is 1. The molecule has 0 aromatic heterocycles. The van der Waals surface area contributed by atoms with Gasteiger partial charge >= 0.3 is 0 Å². The van der Waals surface area contributed by atoms with Crippen LogP contribution in [0.15, 0.2) is 24.3 Å². The van der Waals surface area contributed by atoms with E-state index >= 15 is 0 Å². The van der Waals surface area contributed by atoms with Crippen LogP contribution in [0.4, 0.5) is 0 Å². The second-order valence-corrected chi connectivity index (χ2v) is 5.02. The van der Waals surface area contributed by atoms with Gasteiger partial charge in [0.2, 0.25) is 0 Å². The number of nitrogens with one attached hydrogen (secondary N) is 1. The lowest BCUT2D eigenvalue weighted by Crippen LogP contribution is -2.41. The van der Waals surface area contributed by atoms with E-state index in [1.165, 1.54) is 24.0 Å². The molecule has 86 valence electrons. The molecule has 2 fully saturated rings. The van der Waals surface area contributed by atoms with Crippen molar-refractivity contribution in [2.24, 2.45) is 5.92 Å². The monoisotopic (exact) mass is 217 g/mol. The molecule has 0 bridgehead atoms. The number of benzene rings is 1. The molecule has 1 heterocycles. The van der Waals surface area contributed by atoms with Crippen LogP contribution in [-0.2, 0) is 4.74 Å². The van der Waals surface area contributed by atoms with Gasteiger partial charge in [0.05, 0.1) is 12.2 Å². The van der Waals surface area contributed by atoms with E-state index in [-0.39, 0.29) is 6.10 Å². The average Bonchev–Trinajstić information content (AvgIpc) is 3.14. The van der Waals surface area contributed by atoms with Gasteiger partial charge in [0, 0.05) is 13.1 Å². The molecule has 2 atom stereocenters. The highest BCUT2D eigenvalue weighted by atomic mass is 16.5. The van der Waals surface area contributed by atoms with E-state index in [4.69, 9.17) is 4.74 Å². The van der Waals surface area contributed by atoms with Crippen LogP contribution in [0.25, 0.3) is 0 Å². The molecule has 0 radical (unpaired) electrons. The van der Waals surface area contributed by atoms with Gasteiger partial charge in [-0.2, -0.15) is 0 Å². The Kier molecular flexibility index (Phi) is 2.70. The Morgan fingerprint density at radius 1 is 1.19 bits per heavy atom. The lowest BCUT2D eigenvalue weighted by Gasteiger charge is -2.32. The summed E-state index contributed by atoms with van der Waals surface area (Å²) in [5, 5.41) is 3.51. The summed E-state index contributed by atoms with van der Waals surface area (Å²) in [5.41, 5.74) is 2.69. The highest BCUT2D eigenvalue weighted by Gasteiger charge is 2.36. The fourth-order valence-electron chi connectivity index (χ4n) is 2.54. The zero-order valence-electron chi connectivity index (χ0n) is 9.78. The van der Waals surface area contributed by atoms with E-state index in [0.717, 1.165) is 19.0 Å². The average molecular weight is 217 g/mol. The zero-order valence-corrected chi connectivity index (χ0v) is 9.78. The van der Waals surface area contributed by atoms with Gasteiger partial charge in [0.25, 0.3) is 0 Å². The van der Waals surface area contributed by atoms with Gasteiger partial charge in [-0.05, 0) is 36.8 Å². The molecule has 1 N–H and O–H groups in total. The van der Waals surface area contributed by atoms with Crippen LogP contribution in [0.3, 0.4) is 0 Å². The Hall–Kier alpha value is -0.860. The van der Waals surface area contributed by atoms with Gasteiger partial charge in [0.1, 0.15) is 0 Å². The molecule has 2 unspecified atom stereocenters. The maximum Gasteiger partial charge on any atom is 0.0956 e. The van der Waals surface area contributed by atoms with Gasteiger partial charge in [-0.15, -0.1) is 0 Å². The largest absolute Gasteiger partial charge is 0.367 e.